The molecule has 4 heteroatoms. The zero-order valence-electron chi connectivity index (χ0n) is 13.7. The number of amides is 2. The Morgan fingerprint density at radius 2 is 1.62 bits per heavy atom. The minimum absolute atomic E-state index is 0.0917. The summed E-state index contributed by atoms with van der Waals surface area (Å²) in [5, 5.41) is 2.92. The first-order valence-electron chi connectivity index (χ1n) is 8.52. The largest absolute Gasteiger partial charge is 0.344 e. The molecule has 2 fully saturated rings. The van der Waals surface area contributed by atoms with Crippen molar-refractivity contribution in [1.82, 2.24) is 10.2 Å². The van der Waals surface area contributed by atoms with Gasteiger partial charge in [-0.1, -0.05) is 19.8 Å². The second-order valence-electron chi connectivity index (χ2n) is 7.09. The van der Waals surface area contributed by atoms with Crippen molar-refractivity contribution in [3.05, 3.63) is 0 Å². The number of hydrogen-bond donors (Lipinski definition) is 1. The van der Waals surface area contributed by atoms with Gasteiger partial charge in [-0.05, 0) is 50.4 Å². The third-order valence-corrected chi connectivity index (χ3v) is 5.38. The summed E-state index contributed by atoms with van der Waals surface area (Å²) in [6.45, 7) is 3.80. The smallest absolute Gasteiger partial charge is 0.245 e. The zero-order chi connectivity index (χ0) is 15.4. The number of carbonyl (C=O) groups excluding carboxylic acids is 2. The highest BCUT2D eigenvalue weighted by atomic mass is 16.2. The lowest BCUT2D eigenvalue weighted by atomic mass is 9.86. The van der Waals surface area contributed by atoms with Crippen molar-refractivity contribution in [2.45, 2.75) is 77.3 Å². The number of rotatable bonds is 4. The minimum atomic E-state index is -0.311. The summed E-state index contributed by atoms with van der Waals surface area (Å²) in [4.78, 5) is 26.3. The van der Waals surface area contributed by atoms with Crippen LogP contribution >= 0.6 is 0 Å². The second kappa shape index (κ2) is 7.28. The molecule has 1 unspecified atom stereocenters. The monoisotopic (exact) mass is 294 g/mol. The van der Waals surface area contributed by atoms with E-state index < -0.39 is 0 Å². The number of nitrogens with one attached hydrogen (secondary N) is 1. The van der Waals surface area contributed by atoms with Gasteiger partial charge in [-0.15, -0.1) is 0 Å². The lowest BCUT2D eigenvalue weighted by molar-refractivity contribution is -0.139. The summed E-state index contributed by atoms with van der Waals surface area (Å²) in [7, 11) is 1.92. The maximum absolute atomic E-state index is 12.9. The zero-order valence-corrected chi connectivity index (χ0v) is 13.7. The molecule has 2 amide bonds. The first-order valence-corrected chi connectivity index (χ1v) is 8.52. The molecule has 2 aliphatic carbocycles. The maximum Gasteiger partial charge on any atom is 0.245 e. The van der Waals surface area contributed by atoms with Crippen LogP contribution in [-0.4, -0.2) is 35.8 Å². The molecule has 0 radical (unpaired) electrons. The lowest BCUT2D eigenvalue weighted by Crippen LogP contribution is -2.53. The molecular formula is C17H30N2O2. The van der Waals surface area contributed by atoms with E-state index in [0.717, 1.165) is 31.6 Å². The highest BCUT2D eigenvalue weighted by Gasteiger charge is 2.35. The highest BCUT2D eigenvalue weighted by molar-refractivity contribution is 5.87. The Hall–Kier alpha value is -1.06. The molecule has 4 nitrogen and oxygen atoms in total. The standard InChI is InChI=1S/C17H30N2O2/c1-12-8-10-15(11-9-12)19(3)17(21)16(18-13(2)20)14-6-4-5-7-14/h12,14-16H,4-11H2,1-3H3,(H,18,20). The van der Waals surface area contributed by atoms with Crippen molar-refractivity contribution in [2.24, 2.45) is 11.8 Å². The fourth-order valence-corrected chi connectivity index (χ4v) is 3.92. The van der Waals surface area contributed by atoms with Crippen molar-refractivity contribution in [3.8, 4) is 0 Å². The van der Waals surface area contributed by atoms with Crippen LogP contribution in [0.1, 0.15) is 65.2 Å². The fraction of sp³-hybridized carbons (Fsp3) is 0.882. The molecule has 0 aromatic carbocycles. The predicted molar refractivity (Wildman–Crippen MR) is 83.8 cm³/mol. The quantitative estimate of drug-likeness (QED) is 0.866. The van der Waals surface area contributed by atoms with Crippen LogP contribution < -0.4 is 5.32 Å². The number of likely N-dealkylation sites (N-methyl/N-ethyl adjacent to an activating group) is 1. The van der Waals surface area contributed by atoms with Gasteiger partial charge in [-0.3, -0.25) is 9.59 Å². The van der Waals surface area contributed by atoms with Crippen molar-refractivity contribution in [2.75, 3.05) is 7.05 Å². The first kappa shape index (κ1) is 16.3. The molecule has 0 saturated heterocycles. The minimum Gasteiger partial charge on any atom is -0.344 e. The van der Waals surface area contributed by atoms with Crippen LogP contribution in [-0.2, 0) is 9.59 Å². The summed E-state index contributed by atoms with van der Waals surface area (Å²) >= 11 is 0. The molecular weight excluding hydrogens is 264 g/mol. The van der Waals surface area contributed by atoms with Gasteiger partial charge in [0, 0.05) is 20.0 Å². The van der Waals surface area contributed by atoms with Gasteiger partial charge in [0.25, 0.3) is 0 Å². The van der Waals surface area contributed by atoms with E-state index in [0.29, 0.717) is 12.0 Å². The Morgan fingerprint density at radius 1 is 1.05 bits per heavy atom. The van der Waals surface area contributed by atoms with Gasteiger partial charge in [0.2, 0.25) is 11.8 Å². The van der Waals surface area contributed by atoms with E-state index >= 15 is 0 Å². The van der Waals surface area contributed by atoms with Gasteiger partial charge in [-0.2, -0.15) is 0 Å². The van der Waals surface area contributed by atoms with E-state index in [4.69, 9.17) is 0 Å². The van der Waals surface area contributed by atoms with Gasteiger partial charge in [0.15, 0.2) is 0 Å². The number of hydrogen-bond acceptors (Lipinski definition) is 2. The molecule has 0 aromatic heterocycles. The van der Waals surface area contributed by atoms with Crippen LogP contribution in [0, 0.1) is 11.8 Å². The van der Waals surface area contributed by atoms with Gasteiger partial charge in [0.05, 0.1) is 0 Å². The molecule has 0 aromatic rings. The van der Waals surface area contributed by atoms with Gasteiger partial charge >= 0.3 is 0 Å². The van der Waals surface area contributed by atoms with Crippen LogP contribution in [0.25, 0.3) is 0 Å². The van der Waals surface area contributed by atoms with Gasteiger partial charge in [0.1, 0.15) is 6.04 Å². The molecule has 21 heavy (non-hydrogen) atoms. The Balaban J connectivity index is 2.00. The SMILES string of the molecule is CC(=O)NC(C(=O)N(C)C1CCC(C)CC1)C1CCCC1. The molecule has 0 aliphatic heterocycles. The van der Waals surface area contributed by atoms with Crippen LogP contribution in [0.3, 0.4) is 0 Å². The third kappa shape index (κ3) is 4.21. The van der Waals surface area contributed by atoms with E-state index in [9.17, 15) is 9.59 Å². The Bertz CT molecular complexity index is 369. The summed E-state index contributed by atoms with van der Waals surface area (Å²) in [5.74, 6) is 1.14. The molecule has 120 valence electrons. The molecule has 0 spiro atoms. The molecule has 0 heterocycles. The van der Waals surface area contributed by atoms with Crippen molar-refractivity contribution < 1.29 is 9.59 Å². The summed E-state index contributed by atoms with van der Waals surface area (Å²) in [5.41, 5.74) is 0. The molecule has 0 bridgehead atoms. The molecule has 2 aliphatic rings. The van der Waals surface area contributed by atoms with Crippen LogP contribution in [0.4, 0.5) is 0 Å². The topological polar surface area (TPSA) is 49.4 Å². The van der Waals surface area contributed by atoms with Gasteiger partial charge < -0.3 is 10.2 Å². The van der Waals surface area contributed by atoms with Crippen molar-refractivity contribution in [1.29, 1.82) is 0 Å². The van der Waals surface area contributed by atoms with E-state index in [1.54, 1.807) is 0 Å². The van der Waals surface area contributed by atoms with Crippen LogP contribution in [0.2, 0.25) is 0 Å². The third-order valence-electron chi connectivity index (χ3n) is 5.38. The van der Waals surface area contributed by atoms with Crippen molar-refractivity contribution in [3.63, 3.8) is 0 Å². The molecule has 1 N–H and O–H groups in total. The predicted octanol–water partition coefficient (Wildman–Crippen LogP) is 2.72. The maximum atomic E-state index is 12.9. The van der Waals surface area contributed by atoms with E-state index in [-0.39, 0.29) is 17.9 Å². The Kier molecular flexibility index (Phi) is 5.65. The molecule has 2 saturated carbocycles. The number of carbonyl (C=O) groups is 2. The molecule has 1 atom stereocenters. The van der Waals surface area contributed by atoms with Crippen LogP contribution in [0.15, 0.2) is 0 Å². The summed E-state index contributed by atoms with van der Waals surface area (Å²) in [6.07, 6.45) is 9.09. The van der Waals surface area contributed by atoms with Crippen molar-refractivity contribution >= 4 is 11.8 Å². The molecule has 2 rings (SSSR count). The van der Waals surface area contributed by atoms with Crippen LogP contribution in [0.5, 0.6) is 0 Å². The van der Waals surface area contributed by atoms with E-state index in [1.165, 1.54) is 32.6 Å². The highest BCUT2D eigenvalue weighted by Crippen LogP contribution is 2.31. The Labute approximate surface area is 128 Å². The average molecular weight is 294 g/mol. The summed E-state index contributed by atoms with van der Waals surface area (Å²) in [6, 6.07) is 0.0423. The lowest BCUT2D eigenvalue weighted by Gasteiger charge is -2.36. The van der Waals surface area contributed by atoms with E-state index in [2.05, 4.69) is 12.2 Å². The summed E-state index contributed by atoms with van der Waals surface area (Å²) < 4.78 is 0. The van der Waals surface area contributed by atoms with Gasteiger partial charge in [-0.25, -0.2) is 0 Å². The normalized spacial score (nSPS) is 28.1. The van der Waals surface area contributed by atoms with E-state index in [1.807, 2.05) is 11.9 Å². The fourth-order valence-electron chi connectivity index (χ4n) is 3.92. The Morgan fingerprint density at radius 3 is 2.14 bits per heavy atom. The first-order chi connectivity index (χ1) is 9.99. The number of nitrogens with zero attached hydrogens (tertiary/aromatic N) is 1. The second-order valence-corrected chi connectivity index (χ2v) is 7.09. The average Bonchev–Trinajstić information content (AvgIpc) is 2.98.